The lowest BCUT2D eigenvalue weighted by Gasteiger charge is -2.31. The minimum atomic E-state index is -0.609. The van der Waals surface area contributed by atoms with Gasteiger partial charge < -0.3 is 10.0 Å². The molecule has 1 heterocycles. The van der Waals surface area contributed by atoms with Crippen LogP contribution in [0.3, 0.4) is 0 Å². The third-order valence-corrected chi connectivity index (χ3v) is 5.01. The second-order valence-electron chi connectivity index (χ2n) is 6.33. The number of benzene rings is 1. The molecular weight excluding hydrogens is 253 g/mol. The molecule has 2 fully saturated rings. The first-order valence-corrected chi connectivity index (χ1v) is 7.91. The Morgan fingerprint density at radius 3 is 2.60 bits per heavy atom. The van der Waals surface area contributed by atoms with Crippen molar-refractivity contribution < 1.29 is 9.50 Å². The van der Waals surface area contributed by atoms with Crippen molar-refractivity contribution in [2.75, 3.05) is 11.4 Å². The Kier molecular flexibility index (Phi) is 3.97. The van der Waals surface area contributed by atoms with E-state index in [1.807, 2.05) is 12.1 Å². The Balaban J connectivity index is 1.83. The summed E-state index contributed by atoms with van der Waals surface area (Å²) in [4.78, 5) is 2.27. The summed E-state index contributed by atoms with van der Waals surface area (Å²) in [6.45, 7) is 2.64. The summed E-state index contributed by atoms with van der Waals surface area (Å²) in [6, 6.07) is 5.71. The Morgan fingerprint density at radius 1 is 1.20 bits per heavy atom. The van der Waals surface area contributed by atoms with Gasteiger partial charge in [0, 0.05) is 12.6 Å². The number of halogens is 1. The van der Waals surface area contributed by atoms with Crippen molar-refractivity contribution in [3.8, 4) is 0 Å². The van der Waals surface area contributed by atoms with Crippen molar-refractivity contribution in [1.82, 2.24) is 0 Å². The van der Waals surface area contributed by atoms with Crippen molar-refractivity contribution in [3.63, 3.8) is 0 Å². The molecule has 1 unspecified atom stereocenters. The predicted octanol–water partition coefficient (Wildman–Crippen LogP) is 4.04. The number of nitrogens with zero attached hydrogens (tertiary/aromatic N) is 1. The van der Waals surface area contributed by atoms with Gasteiger partial charge in [-0.15, -0.1) is 0 Å². The molecule has 1 saturated heterocycles. The molecule has 0 radical (unpaired) electrons. The van der Waals surface area contributed by atoms with E-state index in [0.29, 0.717) is 11.6 Å². The largest absolute Gasteiger partial charge is 0.389 e. The first-order chi connectivity index (χ1) is 9.66. The van der Waals surface area contributed by atoms with E-state index in [1.54, 1.807) is 6.92 Å². The topological polar surface area (TPSA) is 23.5 Å². The van der Waals surface area contributed by atoms with Gasteiger partial charge in [-0.1, -0.05) is 18.9 Å². The van der Waals surface area contributed by atoms with Gasteiger partial charge in [0.15, 0.2) is 0 Å². The van der Waals surface area contributed by atoms with Crippen LogP contribution in [-0.4, -0.2) is 17.7 Å². The van der Waals surface area contributed by atoms with Gasteiger partial charge in [-0.3, -0.25) is 0 Å². The first kappa shape index (κ1) is 13.9. The molecule has 0 spiro atoms. The van der Waals surface area contributed by atoms with Crippen LogP contribution in [0.4, 0.5) is 10.1 Å². The summed E-state index contributed by atoms with van der Waals surface area (Å²) in [6.07, 6.45) is 7.02. The lowest BCUT2D eigenvalue weighted by atomic mass is 9.95. The smallest absolute Gasteiger partial charge is 0.146 e. The van der Waals surface area contributed by atoms with Crippen LogP contribution in [0.1, 0.15) is 57.1 Å². The van der Waals surface area contributed by atoms with Crippen LogP contribution in [0, 0.1) is 11.7 Å². The molecule has 1 aliphatic heterocycles. The van der Waals surface area contributed by atoms with Gasteiger partial charge in [0.25, 0.3) is 0 Å². The maximum Gasteiger partial charge on any atom is 0.146 e. The highest BCUT2D eigenvalue weighted by molar-refractivity contribution is 5.51. The van der Waals surface area contributed by atoms with Gasteiger partial charge >= 0.3 is 0 Å². The molecule has 1 aromatic carbocycles. The van der Waals surface area contributed by atoms with Crippen LogP contribution in [0.15, 0.2) is 18.2 Å². The summed E-state index contributed by atoms with van der Waals surface area (Å²) in [5, 5.41) is 9.55. The summed E-state index contributed by atoms with van der Waals surface area (Å²) in [5.74, 6) is 0.557. The molecule has 2 aliphatic rings. The van der Waals surface area contributed by atoms with Crippen LogP contribution in [-0.2, 0) is 0 Å². The third kappa shape index (κ3) is 2.56. The van der Waals surface area contributed by atoms with E-state index in [1.165, 1.54) is 44.6 Å². The number of hydrogen-bond donors (Lipinski definition) is 1. The van der Waals surface area contributed by atoms with Gasteiger partial charge in [-0.2, -0.15) is 0 Å². The highest BCUT2D eigenvalue weighted by atomic mass is 19.1. The SMILES string of the molecule is C[C@@H](O)c1ccc(N2CCCC2C2CCCC2)c(F)c1. The highest BCUT2D eigenvalue weighted by Crippen LogP contribution is 2.38. The second kappa shape index (κ2) is 5.72. The molecule has 1 aromatic rings. The van der Waals surface area contributed by atoms with Crippen LogP contribution in [0.2, 0.25) is 0 Å². The van der Waals surface area contributed by atoms with Crippen molar-refractivity contribution in [2.45, 2.75) is 57.6 Å². The lowest BCUT2D eigenvalue weighted by molar-refractivity contribution is 0.199. The number of anilines is 1. The van der Waals surface area contributed by atoms with Crippen LogP contribution in [0.25, 0.3) is 0 Å². The minimum Gasteiger partial charge on any atom is -0.389 e. The molecule has 1 aliphatic carbocycles. The number of aliphatic hydroxyl groups excluding tert-OH is 1. The Bertz CT molecular complexity index is 468. The predicted molar refractivity (Wildman–Crippen MR) is 79.4 cm³/mol. The lowest BCUT2D eigenvalue weighted by Crippen LogP contribution is -2.35. The normalized spacial score (nSPS) is 25.4. The maximum absolute atomic E-state index is 14.4. The standard InChI is InChI=1S/C17H24FNO/c1-12(20)14-8-9-17(15(18)11-14)19-10-4-7-16(19)13-5-2-3-6-13/h8-9,11-13,16,20H,2-7,10H2,1H3/t12-,16?/m1/s1. The fourth-order valence-electron chi connectivity index (χ4n) is 3.94. The van der Waals surface area contributed by atoms with Gasteiger partial charge in [0.05, 0.1) is 11.8 Å². The van der Waals surface area contributed by atoms with Crippen molar-refractivity contribution in [3.05, 3.63) is 29.6 Å². The monoisotopic (exact) mass is 277 g/mol. The molecule has 0 bridgehead atoms. The molecule has 20 heavy (non-hydrogen) atoms. The summed E-state index contributed by atoms with van der Waals surface area (Å²) < 4.78 is 14.4. The number of hydrogen-bond acceptors (Lipinski definition) is 2. The van der Waals surface area contributed by atoms with Gasteiger partial charge in [-0.05, 0) is 56.2 Å². The molecule has 110 valence electrons. The molecule has 1 N–H and O–H groups in total. The molecule has 0 aromatic heterocycles. The van der Waals surface area contributed by atoms with Crippen LogP contribution < -0.4 is 4.90 Å². The number of aliphatic hydroxyl groups is 1. The number of rotatable bonds is 3. The van der Waals surface area contributed by atoms with E-state index in [0.717, 1.165) is 18.2 Å². The maximum atomic E-state index is 14.4. The Morgan fingerprint density at radius 2 is 1.95 bits per heavy atom. The minimum absolute atomic E-state index is 0.187. The van der Waals surface area contributed by atoms with Crippen LogP contribution >= 0.6 is 0 Å². The highest BCUT2D eigenvalue weighted by Gasteiger charge is 2.34. The van der Waals surface area contributed by atoms with Crippen molar-refractivity contribution in [2.24, 2.45) is 5.92 Å². The van der Waals surface area contributed by atoms with Crippen LogP contribution in [0.5, 0.6) is 0 Å². The molecule has 1 saturated carbocycles. The van der Waals surface area contributed by atoms with Crippen molar-refractivity contribution >= 4 is 5.69 Å². The van der Waals surface area contributed by atoms with Gasteiger partial charge in [0.2, 0.25) is 0 Å². The third-order valence-electron chi connectivity index (χ3n) is 5.01. The van der Waals surface area contributed by atoms with E-state index >= 15 is 0 Å². The van der Waals surface area contributed by atoms with E-state index in [2.05, 4.69) is 4.90 Å². The van der Waals surface area contributed by atoms with E-state index in [4.69, 9.17) is 0 Å². The molecule has 2 atom stereocenters. The average Bonchev–Trinajstić information content (AvgIpc) is 3.09. The van der Waals surface area contributed by atoms with E-state index < -0.39 is 6.10 Å². The Labute approximate surface area is 120 Å². The Hall–Kier alpha value is -1.09. The molecule has 0 amide bonds. The van der Waals surface area contributed by atoms with Gasteiger partial charge in [0.1, 0.15) is 5.82 Å². The van der Waals surface area contributed by atoms with Gasteiger partial charge in [-0.25, -0.2) is 4.39 Å². The van der Waals surface area contributed by atoms with E-state index in [9.17, 15) is 9.50 Å². The fraction of sp³-hybridized carbons (Fsp3) is 0.647. The zero-order chi connectivity index (χ0) is 14.1. The fourth-order valence-corrected chi connectivity index (χ4v) is 3.94. The zero-order valence-corrected chi connectivity index (χ0v) is 12.2. The average molecular weight is 277 g/mol. The van der Waals surface area contributed by atoms with E-state index in [-0.39, 0.29) is 5.82 Å². The van der Waals surface area contributed by atoms with Crippen molar-refractivity contribution in [1.29, 1.82) is 0 Å². The summed E-state index contributed by atoms with van der Waals surface area (Å²) in [5.41, 5.74) is 1.38. The molecule has 3 heteroatoms. The summed E-state index contributed by atoms with van der Waals surface area (Å²) >= 11 is 0. The zero-order valence-electron chi connectivity index (χ0n) is 12.2. The second-order valence-corrected chi connectivity index (χ2v) is 6.33. The quantitative estimate of drug-likeness (QED) is 0.901. The molecule has 2 nitrogen and oxygen atoms in total. The molecule has 3 rings (SSSR count). The summed E-state index contributed by atoms with van der Waals surface area (Å²) in [7, 11) is 0. The molecular formula is C17H24FNO. The first-order valence-electron chi connectivity index (χ1n) is 7.91.